The molecule has 0 aliphatic heterocycles. The Hall–Kier alpha value is -2.08. The molecular weight excluding hydrogens is 252 g/mol. The summed E-state index contributed by atoms with van der Waals surface area (Å²) >= 11 is 0. The normalized spacial score (nSPS) is 15.8. The maximum Gasteiger partial charge on any atom is -0.000740 e. The predicted octanol–water partition coefficient (Wildman–Crippen LogP) is 5.63. The molecule has 0 spiro atoms. The summed E-state index contributed by atoms with van der Waals surface area (Å²) in [6.45, 7) is 4.59. The topological polar surface area (TPSA) is 0 Å². The van der Waals surface area contributed by atoms with Gasteiger partial charge in [-0.05, 0) is 57.7 Å². The van der Waals surface area contributed by atoms with Gasteiger partial charge in [-0.15, -0.1) is 0 Å². The molecule has 2 aromatic carbocycles. The average Bonchev–Trinajstić information content (AvgIpc) is 3.11. The van der Waals surface area contributed by atoms with Gasteiger partial charge in [0.1, 0.15) is 0 Å². The molecular formula is C21H20. The van der Waals surface area contributed by atoms with Gasteiger partial charge in [-0.1, -0.05) is 68.5 Å². The second kappa shape index (κ2) is 4.73. The van der Waals surface area contributed by atoms with Gasteiger partial charge in [0.25, 0.3) is 0 Å². The van der Waals surface area contributed by atoms with Crippen LogP contribution in [0.2, 0.25) is 0 Å². The molecule has 0 atom stereocenters. The molecule has 0 fully saturated rings. The van der Waals surface area contributed by atoms with E-state index in [2.05, 4.69) is 68.5 Å². The predicted molar refractivity (Wildman–Crippen MR) is 90.2 cm³/mol. The van der Waals surface area contributed by atoms with Crippen LogP contribution in [0.5, 0.6) is 0 Å². The van der Waals surface area contributed by atoms with Crippen LogP contribution in [0.25, 0.3) is 16.7 Å². The third kappa shape index (κ3) is 1.90. The first-order valence-corrected chi connectivity index (χ1v) is 7.86. The highest BCUT2D eigenvalue weighted by Gasteiger charge is 2.23. The first-order chi connectivity index (χ1) is 10.3. The van der Waals surface area contributed by atoms with Gasteiger partial charge in [-0.2, -0.15) is 0 Å². The summed E-state index contributed by atoms with van der Waals surface area (Å²) in [5.74, 6) is 0.596. The van der Waals surface area contributed by atoms with E-state index in [0.29, 0.717) is 5.92 Å². The Morgan fingerprint density at radius 2 is 1.62 bits per heavy atom. The van der Waals surface area contributed by atoms with Crippen LogP contribution in [-0.4, -0.2) is 0 Å². The van der Waals surface area contributed by atoms with Gasteiger partial charge in [-0.3, -0.25) is 0 Å². The summed E-state index contributed by atoms with van der Waals surface area (Å²) in [7, 11) is 0. The zero-order valence-electron chi connectivity index (χ0n) is 12.7. The van der Waals surface area contributed by atoms with Crippen molar-refractivity contribution in [2.24, 2.45) is 5.92 Å². The van der Waals surface area contributed by atoms with Gasteiger partial charge < -0.3 is 0 Å². The maximum atomic E-state index is 2.32. The molecule has 0 N–H and O–H groups in total. The lowest BCUT2D eigenvalue weighted by atomic mass is 9.90. The molecule has 2 aromatic rings. The zero-order chi connectivity index (χ0) is 14.4. The average molecular weight is 272 g/mol. The minimum Gasteiger partial charge on any atom is -0.0798 e. The van der Waals surface area contributed by atoms with Crippen molar-refractivity contribution in [3.8, 4) is 11.1 Å². The second-order valence-corrected chi connectivity index (χ2v) is 6.36. The fraction of sp³-hybridized carbons (Fsp3) is 0.238. The van der Waals surface area contributed by atoms with E-state index in [1.54, 1.807) is 0 Å². The quantitative estimate of drug-likeness (QED) is 0.567. The van der Waals surface area contributed by atoms with Gasteiger partial charge in [-0.25, -0.2) is 0 Å². The monoisotopic (exact) mass is 272 g/mol. The fourth-order valence-corrected chi connectivity index (χ4v) is 3.77. The third-order valence-electron chi connectivity index (χ3n) is 4.77. The molecule has 0 saturated heterocycles. The van der Waals surface area contributed by atoms with Crippen LogP contribution in [0.4, 0.5) is 0 Å². The van der Waals surface area contributed by atoms with Crippen LogP contribution >= 0.6 is 0 Å². The van der Waals surface area contributed by atoms with Gasteiger partial charge in [0.05, 0.1) is 0 Å². The standard InChI is InChI=1S/C21H20/c1-14(2)16-9-5-10-18(16)20-12-6-11-19-17-8-4-3-7-15(17)13-21(19)20/h3-9,11-12,14H,10,13H2,1-2H3. The van der Waals surface area contributed by atoms with Crippen molar-refractivity contribution < 1.29 is 0 Å². The summed E-state index contributed by atoms with van der Waals surface area (Å²) in [5, 5.41) is 0. The molecule has 0 nitrogen and oxygen atoms in total. The number of hydrogen-bond donors (Lipinski definition) is 0. The Labute approximate surface area is 126 Å². The van der Waals surface area contributed by atoms with E-state index in [4.69, 9.17) is 0 Å². The van der Waals surface area contributed by atoms with Gasteiger partial charge in [0.15, 0.2) is 0 Å². The van der Waals surface area contributed by atoms with Gasteiger partial charge in [0.2, 0.25) is 0 Å². The van der Waals surface area contributed by atoms with Gasteiger partial charge in [0, 0.05) is 0 Å². The van der Waals surface area contributed by atoms with E-state index in [9.17, 15) is 0 Å². The zero-order valence-corrected chi connectivity index (χ0v) is 12.7. The molecule has 0 aromatic heterocycles. The molecule has 104 valence electrons. The molecule has 0 bridgehead atoms. The number of rotatable bonds is 2. The summed E-state index contributed by atoms with van der Waals surface area (Å²) in [6, 6.07) is 15.6. The molecule has 0 amide bonds. The Balaban J connectivity index is 1.90. The number of hydrogen-bond acceptors (Lipinski definition) is 0. The molecule has 0 saturated carbocycles. The molecule has 2 aliphatic carbocycles. The summed E-state index contributed by atoms with van der Waals surface area (Å²) in [4.78, 5) is 0. The van der Waals surface area contributed by atoms with Crippen LogP contribution in [0.15, 0.2) is 60.2 Å². The third-order valence-corrected chi connectivity index (χ3v) is 4.77. The van der Waals surface area contributed by atoms with Crippen LogP contribution < -0.4 is 0 Å². The Bertz CT molecular complexity index is 772. The van der Waals surface area contributed by atoms with E-state index in [-0.39, 0.29) is 0 Å². The lowest BCUT2D eigenvalue weighted by Gasteiger charge is -2.14. The molecule has 0 heterocycles. The van der Waals surface area contributed by atoms with Crippen molar-refractivity contribution in [3.63, 3.8) is 0 Å². The van der Waals surface area contributed by atoms with Gasteiger partial charge >= 0.3 is 0 Å². The molecule has 0 heteroatoms. The molecule has 4 rings (SSSR count). The van der Waals surface area contributed by atoms with E-state index < -0.39 is 0 Å². The Morgan fingerprint density at radius 3 is 2.48 bits per heavy atom. The van der Waals surface area contributed by atoms with Crippen LogP contribution in [0, 0.1) is 5.92 Å². The highest BCUT2D eigenvalue weighted by atomic mass is 14.3. The minimum absolute atomic E-state index is 0.596. The highest BCUT2D eigenvalue weighted by molar-refractivity contribution is 5.86. The SMILES string of the molecule is CC(C)C1=C(c2cccc3c2Cc2ccccc2-3)CC=C1. The number of fused-ring (bicyclic) bond motifs is 3. The first-order valence-electron chi connectivity index (χ1n) is 7.86. The molecule has 2 aliphatic rings. The lowest BCUT2D eigenvalue weighted by molar-refractivity contribution is 0.796. The molecule has 21 heavy (non-hydrogen) atoms. The van der Waals surface area contributed by atoms with E-state index in [1.807, 2.05) is 0 Å². The van der Waals surface area contributed by atoms with Crippen LogP contribution in [0.3, 0.4) is 0 Å². The Morgan fingerprint density at radius 1 is 0.857 bits per heavy atom. The fourth-order valence-electron chi connectivity index (χ4n) is 3.77. The van der Waals surface area contributed by atoms with Crippen molar-refractivity contribution in [2.45, 2.75) is 26.7 Å². The van der Waals surface area contributed by atoms with Crippen LogP contribution in [-0.2, 0) is 6.42 Å². The van der Waals surface area contributed by atoms with Crippen molar-refractivity contribution in [2.75, 3.05) is 0 Å². The number of allylic oxidation sites excluding steroid dienone is 4. The van der Waals surface area contributed by atoms with Crippen molar-refractivity contribution >= 4 is 5.57 Å². The van der Waals surface area contributed by atoms with E-state index in [0.717, 1.165) is 12.8 Å². The minimum atomic E-state index is 0.596. The first kappa shape index (κ1) is 12.6. The summed E-state index contributed by atoms with van der Waals surface area (Å²) in [6.07, 6.45) is 6.80. The smallest absolute Gasteiger partial charge is 0.000740 e. The lowest BCUT2D eigenvalue weighted by Crippen LogP contribution is -1.97. The summed E-state index contributed by atoms with van der Waals surface area (Å²) in [5.41, 5.74) is 10.4. The maximum absolute atomic E-state index is 2.32. The highest BCUT2D eigenvalue weighted by Crippen LogP contribution is 2.43. The van der Waals surface area contributed by atoms with E-state index >= 15 is 0 Å². The molecule has 0 radical (unpaired) electrons. The molecule has 0 unspecified atom stereocenters. The summed E-state index contributed by atoms with van der Waals surface area (Å²) < 4.78 is 0. The van der Waals surface area contributed by atoms with Crippen molar-refractivity contribution in [1.29, 1.82) is 0 Å². The number of benzene rings is 2. The second-order valence-electron chi connectivity index (χ2n) is 6.36. The Kier molecular flexibility index (Phi) is 2.85. The van der Waals surface area contributed by atoms with Crippen molar-refractivity contribution in [1.82, 2.24) is 0 Å². The van der Waals surface area contributed by atoms with Crippen molar-refractivity contribution in [3.05, 3.63) is 76.9 Å². The van der Waals surface area contributed by atoms with E-state index in [1.165, 1.54) is 39.0 Å². The van der Waals surface area contributed by atoms with Crippen LogP contribution in [0.1, 0.15) is 37.0 Å². The largest absolute Gasteiger partial charge is 0.0798 e.